The summed E-state index contributed by atoms with van der Waals surface area (Å²) in [6.45, 7) is 11.2. The van der Waals surface area contributed by atoms with Crippen LogP contribution < -0.4 is 16.4 Å². The lowest BCUT2D eigenvalue weighted by Crippen LogP contribution is -2.54. The molecule has 9 nitrogen and oxygen atoms in total. The Morgan fingerprint density at radius 3 is 2.12 bits per heavy atom. The Kier molecular flexibility index (Phi) is 14.8. The smallest absolute Gasteiger partial charge is 0.408 e. The Morgan fingerprint density at radius 1 is 1.00 bits per heavy atom. The second-order valence-electron chi connectivity index (χ2n) is 11.3. The fourth-order valence-electron chi connectivity index (χ4n) is 4.22. The summed E-state index contributed by atoms with van der Waals surface area (Å²) >= 11 is 0. The topological polar surface area (TPSA) is 131 Å². The standard InChI is InChI=1S/C31H48N4O5/c1-8-10-11-12-13-14-21-35(27(28(37)33-22(3)4)24-17-15-23(9-2)16-18-24)29(38)25(19-20-26(32)36)34-30(39)40-31(5,6)7/h2,15-18,22,25,27H,8,10-14,19-21H2,1,3-7H3,(H2,32,36)(H,33,37)(H,34,39). The molecule has 0 heterocycles. The van der Waals surface area contributed by atoms with E-state index >= 15 is 0 Å². The van der Waals surface area contributed by atoms with Gasteiger partial charge in [0.2, 0.25) is 17.7 Å². The van der Waals surface area contributed by atoms with Crippen LogP contribution in [0.1, 0.15) is 110 Å². The number of benzene rings is 1. The number of carbonyl (C=O) groups is 4. The maximum atomic E-state index is 14.1. The molecule has 9 heteroatoms. The molecule has 1 aromatic carbocycles. The number of hydrogen-bond acceptors (Lipinski definition) is 5. The van der Waals surface area contributed by atoms with Gasteiger partial charge in [-0.2, -0.15) is 0 Å². The van der Waals surface area contributed by atoms with Gasteiger partial charge in [-0.25, -0.2) is 4.79 Å². The fourth-order valence-corrected chi connectivity index (χ4v) is 4.22. The highest BCUT2D eigenvalue weighted by atomic mass is 16.6. The molecule has 0 aliphatic rings. The van der Waals surface area contributed by atoms with Gasteiger partial charge in [-0.05, 0) is 65.2 Å². The number of unbranched alkanes of at least 4 members (excludes halogenated alkanes) is 5. The van der Waals surface area contributed by atoms with Gasteiger partial charge in [0.05, 0.1) is 0 Å². The predicted molar refractivity (Wildman–Crippen MR) is 157 cm³/mol. The summed E-state index contributed by atoms with van der Waals surface area (Å²) in [4.78, 5) is 53.5. The third kappa shape index (κ3) is 13.0. The van der Waals surface area contributed by atoms with Crippen molar-refractivity contribution in [1.29, 1.82) is 0 Å². The van der Waals surface area contributed by atoms with Crippen molar-refractivity contribution in [2.45, 2.75) is 117 Å². The van der Waals surface area contributed by atoms with Crippen molar-refractivity contribution in [2.75, 3.05) is 6.54 Å². The normalized spacial score (nSPS) is 12.7. The molecule has 0 aliphatic heterocycles. The highest BCUT2D eigenvalue weighted by Crippen LogP contribution is 2.25. The number of amides is 4. The van der Waals surface area contributed by atoms with Gasteiger partial charge in [0.1, 0.15) is 17.7 Å². The van der Waals surface area contributed by atoms with E-state index in [4.69, 9.17) is 16.9 Å². The van der Waals surface area contributed by atoms with Crippen LogP contribution in [-0.4, -0.2) is 52.9 Å². The molecule has 2 unspecified atom stereocenters. The zero-order valence-corrected chi connectivity index (χ0v) is 25.0. The van der Waals surface area contributed by atoms with Gasteiger partial charge in [-0.15, -0.1) is 6.42 Å². The van der Waals surface area contributed by atoms with Crippen molar-refractivity contribution in [3.63, 3.8) is 0 Å². The molecule has 4 N–H and O–H groups in total. The van der Waals surface area contributed by atoms with Crippen LogP contribution in [0, 0.1) is 12.3 Å². The second-order valence-corrected chi connectivity index (χ2v) is 11.3. The van der Waals surface area contributed by atoms with Crippen LogP contribution in [0.25, 0.3) is 0 Å². The first kappa shape index (κ1) is 34.5. The molecule has 1 aromatic rings. The van der Waals surface area contributed by atoms with E-state index in [1.807, 2.05) is 13.8 Å². The summed E-state index contributed by atoms with van der Waals surface area (Å²) in [6.07, 6.45) is 10.5. The van der Waals surface area contributed by atoms with Crippen LogP contribution in [-0.2, 0) is 19.1 Å². The monoisotopic (exact) mass is 556 g/mol. The average molecular weight is 557 g/mol. The van der Waals surface area contributed by atoms with E-state index in [-0.39, 0.29) is 31.3 Å². The number of nitrogens with one attached hydrogen (secondary N) is 2. The lowest BCUT2D eigenvalue weighted by Gasteiger charge is -2.35. The quantitative estimate of drug-likeness (QED) is 0.203. The number of nitrogens with zero attached hydrogens (tertiary/aromatic N) is 1. The maximum absolute atomic E-state index is 14.1. The molecule has 0 aromatic heterocycles. The molecule has 0 radical (unpaired) electrons. The summed E-state index contributed by atoms with van der Waals surface area (Å²) in [5.74, 6) is 1.11. The molecule has 0 fully saturated rings. The Morgan fingerprint density at radius 2 is 1.60 bits per heavy atom. The van der Waals surface area contributed by atoms with Gasteiger partial charge in [0.15, 0.2) is 0 Å². The molecular weight excluding hydrogens is 508 g/mol. The van der Waals surface area contributed by atoms with Gasteiger partial charge in [-0.1, -0.05) is 57.1 Å². The molecule has 40 heavy (non-hydrogen) atoms. The van der Waals surface area contributed by atoms with Gasteiger partial charge < -0.3 is 26.0 Å². The maximum Gasteiger partial charge on any atom is 0.408 e. The van der Waals surface area contributed by atoms with Gasteiger partial charge in [-0.3, -0.25) is 14.4 Å². The summed E-state index contributed by atoms with van der Waals surface area (Å²) in [5.41, 5.74) is 5.82. The molecule has 222 valence electrons. The third-order valence-electron chi connectivity index (χ3n) is 6.09. The van der Waals surface area contributed by atoms with Crippen molar-refractivity contribution in [3.05, 3.63) is 35.4 Å². The SMILES string of the molecule is C#Cc1ccc(C(C(=O)NC(C)C)N(CCCCCCCC)C(=O)C(CCC(N)=O)NC(=O)OC(C)(C)C)cc1. The zero-order chi connectivity index (χ0) is 30.3. The van der Waals surface area contributed by atoms with Crippen molar-refractivity contribution >= 4 is 23.8 Å². The van der Waals surface area contributed by atoms with E-state index in [0.29, 0.717) is 17.5 Å². The van der Waals surface area contributed by atoms with Gasteiger partial charge >= 0.3 is 6.09 Å². The van der Waals surface area contributed by atoms with E-state index in [1.165, 1.54) is 4.90 Å². The van der Waals surface area contributed by atoms with Gasteiger partial charge in [0, 0.05) is 24.6 Å². The van der Waals surface area contributed by atoms with E-state index in [2.05, 4.69) is 23.5 Å². The van der Waals surface area contributed by atoms with Crippen molar-refractivity contribution in [3.8, 4) is 12.3 Å². The first-order valence-corrected chi connectivity index (χ1v) is 14.2. The molecule has 0 aliphatic carbocycles. The molecule has 1 rings (SSSR count). The van der Waals surface area contributed by atoms with Crippen molar-refractivity contribution in [1.82, 2.24) is 15.5 Å². The number of carbonyl (C=O) groups excluding carboxylic acids is 4. The van der Waals surface area contributed by atoms with Gasteiger partial charge in [0.25, 0.3) is 0 Å². The number of rotatable bonds is 16. The van der Waals surface area contributed by atoms with E-state index in [1.54, 1.807) is 45.0 Å². The molecule has 4 amide bonds. The van der Waals surface area contributed by atoms with Crippen LogP contribution >= 0.6 is 0 Å². The Bertz CT molecular complexity index is 1010. The average Bonchev–Trinajstić information content (AvgIpc) is 2.86. The number of hydrogen-bond donors (Lipinski definition) is 3. The van der Waals surface area contributed by atoms with Crippen LogP contribution in [0.4, 0.5) is 4.79 Å². The minimum atomic E-state index is -1.12. The first-order valence-electron chi connectivity index (χ1n) is 14.2. The third-order valence-corrected chi connectivity index (χ3v) is 6.09. The van der Waals surface area contributed by atoms with E-state index < -0.39 is 35.6 Å². The molecule has 0 saturated heterocycles. The Balaban J connectivity index is 3.47. The highest BCUT2D eigenvalue weighted by molar-refractivity contribution is 5.92. The summed E-state index contributed by atoms with van der Waals surface area (Å²) in [7, 11) is 0. The first-order chi connectivity index (χ1) is 18.8. The number of ether oxygens (including phenoxy) is 1. The molecule has 2 atom stereocenters. The van der Waals surface area contributed by atoms with Crippen LogP contribution in [0.5, 0.6) is 0 Å². The lowest BCUT2D eigenvalue weighted by atomic mass is 9.99. The number of primary amides is 1. The summed E-state index contributed by atoms with van der Waals surface area (Å²) < 4.78 is 5.38. The predicted octanol–water partition coefficient (Wildman–Crippen LogP) is 4.58. The highest BCUT2D eigenvalue weighted by Gasteiger charge is 2.36. The van der Waals surface area contributed by atoms with Crippen LogP contribution in [0.15, 0.2) is 24.3 Å². The fraction of sp³-hybridized carbons (Fsp3) is 0.613. The lowest BCUT2D eigenvalue weighted by molar-refractivity contribution is -0.143. The van der Waals surface area contributed by atoms with E-state index in [9.17, 15) is 19.2 Å². The second kappa shape index (κ2) is 17.2. The number of nitrogens with two attached hydrogens (primary N) is 1. The molecule has 0 bridgehead atoms. The largest absolute Gasteiger partial charge is 0.444 e. The minimum Gasteiger partial charge on any atom is -0.444 e. The minimum absolute atomic E-state index is 0.0328. The number of alkyl carbamates (subject to hydrolysis) is 1. The Hall–Kier alpha value is -3.54. The van der Waals surface area contributed by atoms with Crippen molar-refractivity contribution in [2.24, 2.45) is 5.73 Å². The molecular formula is C31H48N4O5. The molecule has 0 saturated carbocycles. The zero-order valence-electron chi connectivity index (χ0n) is 25.0. The van der Waals surface area contributed by atoms with E-state index in [0.717, 1.165) is 32.1 Å². The van der Waals surface area contributed by atoms with Crippen LogP contribution in [0.2, 0.25) is 0 Å². The number of terminal acetylenes is 1. The van der Waals surface area contributed by atoms with Crippen molar-refractivity contribution < 1.29 is 23.9 Å². The summed E-state index contributed by atoms with van der Waals surface area (Å²) in [5, 5.41) is 5.54. The van der Waals surface area contributed by atoms with Crippen LogP contribution in [0.3, 0.4) is 0 Å². The molecule has 0 spiro atoms. The Labute approximate surface area is 240 Å². The summed E-state index contributed by atoms with van der Waals surface area (Å²) in [6, 6.07) is 4.65.